The van der Waals surface area contributed by atoms with Crippen molar-refractivity contribution in [3.05, 3.63) is 22.8 Å². The van der Waals surface area contributed by atoms with Crippen LogP contribution in [-0.4, -0.2) is 35.1 Å². The van der Waals surface area contributed by atoms with E-state index >= 15 is 0 Å². The topological polar surface area (TPSA) is 59.7 Å². The van der Waals surface area contributed by atoms with Crippen LogP contribution in [0.15, 0.2) is 12.1 Å². The second-order valence-corrected chi connectivity index (χ2v) is 5.65. The number of rotatable bonds is 1. The standard InChI is InChI=1S/C11H12Cl2F3N3.H2O/c1-10(13)6-17-4-5-19(10)8-3-2-7(9(12)18-8)11(14,15)16;/h2-3,17H,4-6H2,1H3;1H2/t10-;/m1./s1. The maximum Gasteiger partial charge on any atom is 0.419 e. The molecule has 1 aromatic rings. The van der Waals surface area contributed by atoms with Crippen LogP contribution in [-0.2, 0) is 6.18 Å². The van der Waals surface area contributed by atoms with Gasteiger partial charge < -0.3 is 15.7 Å². The Morgan fingerprint density at radius 2 is 2.05 bits per heavy atom. The Labute approximate surface area is 124 Å². The molecule has 0 amide bonds. The number of aromatic nitrogens is 1. The fourth-order valence-electron chi connectivity index (χ4n) is 1.98. The van der Waals surface area contributed by atoms with Gasteiger partial charge in [-0.25, -0.2) is 4.98 Å². The normalized spacial score (nSPS) is 23.4. The van der Waals surface area contributed by atoms with Gasteiger partial charge in [-0.2, -0.15) is 13.2 Å². The zero-order chi connectivity index (χ0) is 14.3. The lowest BCUT2D eigenvalue weighted by Crippen LogP contribution is -2.56. The zero-order valence-electron chi connectivity index (χ0n) is 10.6. The number of nitrogens with one attached hydrogen (secondary N) is 1. The molecule has 4 nitrogen and oxygen atoms in total. The van der Waals surface area contributed by atoms with Crippen LogP contribution < -0.4 is 10.2 Å². The first kappa shape index (κ1) is 17.3. The molecule has 1 fully saturated rings. The van der Waals surface area contributed by atoms with E-state index in [0.29, 0.717) is 25.5 Å². The quantitative estimate of drug-likeness (QED) is 0.488. The molecule has 2 heterocycles. The van der Waals surface area contributed by atoms with Gasteiger partial charge in [0, 0.05) is 19.6 Å². The van der Waals surface area contributed by atoms with E-state index in [1.54, 1.807) is 11.8 Å². The lowest BCUT2D eigenvalue weighted by Gasteiger charge is -2.41. The first-order chi connectivity index (χ1) is 8.72. The molecule has 2 rings (SSSR count). The SMILES string of the molecule is C[C@]1(Cl)CNCCN1c1ccc(C(F)(F)F)c(Cl)n1.O. The first-order valence-electron chi connectivity index (χ1n) is 5.63. The molecule has 20 heavy (non-hydrogen) atoms. The molecule has 0 spiro atoms. The summed E-state index contributed by atoms with van der Waals surface area (Å²) in [6, 6.07) is 2.22. The Morgan fingerprint density at radius 3 is 2.55 bits per heavy atom. The summed E-state index contributed by atoms with van der Waals surface area (Å²) >= 11 is 11.9. The Balaban J connectivity index is 0.00000200. The second kappa shape index (κ2) is 5.93. The molecular formula is C11H14Cl2F3N3O. The van der Waals surface area contributed by atoms with Crippen molar-refractivity contribution in [1.82, 2.24) is 10.3 Å². The fourth-order valence-corrected chi connectivity index (χ4v) is 2.50. The van der Waals surface area contributed by atoms with Crippen LogP contribution in [0.2, 0.25) is 5.15 Å². The molecule has 1 aromatic heterocycles. The van der Waals surface area contributed by atoms with Crippen molar-refractivity contribution in [2.24, 2.45) is 0 Å². The number of piperazine rings is 1. The van der Waals surface area contributed by atoms with Gasteiger partial charge in [0.15, 0.2) is 0 Å². The van der Waals surface area contributed by atoms with E-state index in [4.69, 9.17) is 23.2 Å². The summed E-state index contributed by atoms with van der Waals surface area (Å²) in [7, 11) is 0. The summed E-state index contributed by atoms with van der Waals surface area (Å²) in [5.41, 5.74) is -0.940. The van der Waals surface area contributed by atoms with Gasteiger partial charge in [0.2, 0.25) is 0 Å². The zero-order valence-corrected chi connectivity index (χ0v) is 12.1. The Kier molecular flexibility index (Phi) is 5.13. The maximum absolute atomic E-state index is 12.6. The summed E-state index contributed by atoms with van der Waals surface area (Å²) in [6.45, 7) is 3.51. The van der Waals surface area contributed by atoms with Gasteiger partial charge in [-0.15, -0.1) is 0 Å². The third-order valence-corrected chi connectivity index (χ3v) is 3.56. The summed E-state index contributed by atoms with van der Waals surface area (Å²) in [5.74, 6) is 0.344. The van der Waals surface area contributed by atoms with Crippen molar-refractivity contribution in [2.75, 3.05) is 24.5 Å². The highest BCUT2D eigenvalue weighted by Gasteiger charge is 2.36. The highest BCUT2D eigenvalue weighted by Crippen LogP contribution is 2.36. The molecule has 0 saturated carbocycles. The molecule has 0 bridgehead atoms. The monoisotopic (exact) mass is 331 g/mol. The third kappa shape index (κ3) is 3.46. The van der Waals surface area contributed by atoms with E-state index in [-0.39, 0.29) is 5.48 Å². The number of halogens is 5. The summed E-state index contributed by atoms with van der Waals surface area (Å²) < 4.78 is 37.8. The van der Waals surface area contributed by atoms with Crippen molar-refractivity contribution in [2.45, 2.75) is 18.1 Å². The summed E-state index contributed by atoms with van der Waals surface area (Å²) in [5, 5.41) is 2.55. The third-order valence-electron chi connectivity index (χ3n) is 2.94. The smallest absolute Gasteiger partial charge is 0.412 e. The lowest BCUT2D eigenvalue weighted by atomic mass is 10.2. The van der Waals surface area contributed by atoms with Crippen molar-refractivity contribution in [3.8, 4) is 0 Å². The van der Waals surface area contributed by atoms with Gasteiger partial charge in [0.05, 0.1) is 5.56 Å². The van der Waals surface area contributed by atoms with Crippen LogP contribution in [0.1, 0.15) is 12.5 Å². The van der Waals surface area contributed by atoms with Crippen LogP contribution in [0.3, 0.4) is 0 Å². The van der Waals surface area contributed by atoms with E-state index in [1.165, 1.54) is 6.07 Å². The average Bonchev–Trinajstić information content (AvgIpc) is 2.26. The Hall–Kier alpha value is -0.760. The molecular weight excluding hydrogens is 318 g/mol. The number of nitrogens with zero attached hydrogens (tertiary/aromatic N) is 2. The number of hydrogen-bond donors (Lipinski definition) is 1. The molecule has 1 aliphatic rings. The maximum atomic E-state index is 12.6. The lowest BCUT2D eigenvalue weighted by molar-refractivity contribution is -0.137. The largest absolute Gasteiger partial charge is 0.419 e. The van der Waals surface area contributed by atoms with E-state index in [0.717, 1.165) is 6.07 Å². The van der Waals surface area contributed by atoms with Crippen molar-refractivity contribution in [1.29, 1.82) is 0 Å². The molecule has 1 saturated heterocycles. The highest BCUT2D eigenvalue weighted by molar-refractivity contribution is 6.30. The Bertz CT molecular complexity index is 482. The van der Waals surface area contributed by atoms with Crippen LogP contribution in [0.25, 0.3) is 0 Å². The molecule has 114 valence electrons. The van der Waals surface area contributed by atoms with Crippen molar-refractivity contribution in [3.63, 3.8) is 0 Å². The van der Waals surface area contributed by atoms with Crippen LogP contribution in [0, 0.1) is 0 Å². The summed E-state index contributed by atoms with van der Waals surface area (Å²) in [4.78, 5) is 4.81. The predicted octanol–water partition coefficient (Wildman–Crippen LogP) is 2.29. The predicted molar refractivity (Wildman–Crippen MR) is 72.3 cm³/mol. The van der Waals surface area contributed by atoms with Gasteiger partial charge in [-0.05, 0) is 19.1 Å². The molecule has 3 N–H and O–H groups in total. The minimum atomic E-state index is -4.50. The van der Waals surface area contributed by atoms with Crippen molar-refractivity contribution < 1.29 is 18.6 Å². The molecule has 0 aliphatic carbocycles. The van der Waals surface area contributed by atoms with E-state index < -0.39 is 21.9 Å². The van der Waals surface area contributed by atoms with Gasteiger partial charge in [0.1, 0.15) is 16.0 Å². The molecule has 0 radical (unpaired) electrons. The second-order valence-electron chi connectivity index (χ2n) is 4.48. The highest BCUT2D eigenvalue weighted by atomic mass is 35.5. The molecule has 1 aliphatic heterocycles. The minimum Gasteiger partial charge on any atom is -0.412 e. The number of hydrogen-bond acceptors (Lipinski definition) is 3. The number of anilines is 1. The van der Waals surface area contributed by atoms with Gasteiger partial charge in [-0.1, -0.05) is 23.2 Å². The minimum absolute atomic E-state index is 0. The Morgan fingerprint density at radius 1 is 1.40 bits per heavy atom. The van der Waals surface area contributed by atoms with Crippen LogP contribution in [0.5, 0.6) is 0 Å². The van der Waals surface area contributed by atoms with Crippen LogP contribution in [0.4, 0.5) is 19.0 Å². The first-order valence-corrected chi connectivity index (χ1v) is 6.38. The molecule has 0 unspecified atom stereocenters. The van der Waals surface area contributed by atoms with Crippen molar-refractivity contribution >= 4 is 29.0 Å². The van der Waals surface area contributed by atoms with E-state index in [9.17, 15) is 13.2 Å². The fraction of sp³-hybridized carbons (Fsp3) is 0.545. The summed E-state index contributed by atoms with van der Waals surface area (Å²) in [6.07, 6.45) is -4.50. The van der Waals surface area contributed by atoms with E-state index in [2.05, 4.69) is 10.3 Å². The van der Waals surface area contributed by atoms with Crippen LogP contribution >= 0.6 is 23.2 Å². The molecule has 1 atom stereocenters. The van der Waals surface area contributed by atoms with Gasteiger partial charge >= 0.3 is 6.18 Å². The van der Waals surface area contributed by atoms with Gasteiger partial charge in [-0.3, -0.25) is 0 Å². The average molecular weight is 332 g/mol. The van der Waals surface area contributed by atoms with E-state index in [1.807, 2.05) is 0 Å². The number of pyridine rings is 1. The molecule has 0 aromatic carbocycles. The number of alkyl halides is 4. The molecule has 9 heteroatoms. The van der Waals surface area contributed by atoms with Gasteiger partial charge in [0.25, 0.3) is 0 Å².